The number of amides is 1. The number of aryl methyl sites for hydroxylation is 1. The van der Waals surface area contributed by atoms with Gasteiger partial charge in [-0.1, -0.05) is 35.5 Å². The van der Waals surface area contributed by atoms with Gasteiger partial charge in [0.2, 0.25) is 17.6 Å². The number of rotatable bonds is 6. The van der Waals surface area contributed by atoms with Crippen LogP contribution in [0.15, 0.2) is 53.4 Å². The van der Waals surface area contributed by atoms with Crippen molar-refractivity contribution in [1.82, 2.24) is 25.0 Å². The Hall–Kier alpha value is -3.13. The Labute approximate surface area is 193 Å². The van der Waals surface area contributed by atoms with Crippen LogP contribution in [0.2, 0.25) is 0 Å². The van der Waals surface area contributed by atoms with E-state index in [1.165, 1.54) is 5.56 Å². The summed E-state index contributed by atoms with van der Waals surface area (Å²) in [5.74, 6) is 1.77. The summed E-state index contributed by atoms with van der Waals surface area (Å²) in [6.45, 7) is 2.26. The van der Waals surface area contributed by atoms with E-state index in [-0.39, 0.29) is 11.5 Å². The summed E-state index contributed by atoms with van der Waals surface area (Å²) < 4.78 is 11.8. The highest BCUT2D eigenvalue weighted by atomic mass is 16.5. The van der Waals surface area contributed by atoms with Gasteiger partial charge in [-0.3, -0.25) is 9.78 Å². The van der Waals surface area contributed by atoms with E-state index in [0.717, 1.165) is 58.2 Å². The van der Waals surface area contributed by atoms with Crippen LogP contribution >= 0.6 is 0 Å². The second kappa shape index (κ2) is 9.79. The minimum Gasteiger partial charge on any atom is -0.375 e. The number of benzene rings is 1. The molecule has 8 nitrogen and oxygen atoms in total. The van der Waals surface area contributed by atoms with Crippen molar-refractivity contribution in [2.75, 3.05) is 19.7 Å². The molecule has 0 bridgehead atoms. The van der Waals surface area contributed by atoms with Gasteiger partial charge in [0.05, 0.1) is 11.8 Å². The highest BCUT2D eigenvalue weighted by Crippen LogP contribution is 2.39. The Bertz CT molecular complexity index is 1050. The molecule has 0 radical (unpaired) electrons. The van der Waals surface area contributed by atoms with Gasteiger partial charge in [-0.05, 0) is 43.6 Å². The number of aromatic nitrogens is 4. The number of ether oxygens (including phenoxy) is 1. The van der Waals surface area contributed by atoms with Crippen LogP contribution in [-0.2, 0) is 22.4 Å². The lowest BCUT2D eigenvalue weighted by Crippen LogP contribution is -2.51. The molecule has 8 heteroatoms. The fourth-order valence-electron chi connectivity index (χ4n) is 4.97. The molecule has 2 saturated heterocycles. The maximum atomic E-state index is 12.7. The molecule has 1 unspecified atom stereocenters. The van der Waals surface area contributed by atoms with Gasteiger partial charge in [0.15, 0.2) is 0 Å². The first kappa shape index (κ1) is 21.7. The van der Waals surface area contributed by atoms with Gasteiger partial charge in [-0.2, -0.15) is 4.98 Å². The Balaban J connectivity index is 1.13. The molecule has 4 heterocycles. The summed E-state index contributed by atoms with van der Waals surface area (Å²) in [5.41, 5.74) is 1.67. The van der Waals surface area contributed by atoms with Gasteiger partial charge in [0.1, 0.15) is 5.69 Å². The van der Waals surface area contributed by atoms with Crippen LogP contribution in [0.5, 0.6) is 0 Å². The van der Waals surface area contributed by atoms with E-state index in [1.807, 2.05) is 23.1 Å². The maximum Gasteiger partial charge on any atom is 0.227 e. The third kappa shape index (κ3) is 5.27. The number of carbonyl (C=O) groups is 1. The third-order valence-electron chi connectivity index (χ3n) is 6.82. The quantitative estimate of drug-likeness (QED) is 0.571. The van der Waals surface area contributed by atoms with Crippen molar-refractivity contribution < 1.29 is 14.1 Å². The molecule has 5 rings (SSSR count). The summed E-state index contributed by atoms with van der Waals surface area (Å²) >= 11 is 0. The maximum absolute atomic E-state index is 12.7. The zero-order chi connectivity index (χ0) is 22.5. The zero-order valence-corrected chi connectivity index (χ0v) is 18.7. The molecular formula is C25H29N5O3. The highest BCUT2D eigenvalue weighted by molar-refractivity contribution is 5.76. The van der Waals surface area contributed by atoms with Gasteiger partial charge in [-0.15, -0.1) is 0 Å². The molecule has 2 aliphatic rings. The molecule has 1 spiro atoms. The van der Waals surface area contributed by atoms with Crippen molar-refractivity contribution in [1.29, 1.82) is 0 Å². The number of carbonyl (C=O) groups excluding carboxylic acids is 1. The van der Waals surface area contributed by atoms with Gasteiger partial charge >= 0.3 is 0 Å². The van der Waals surface area contributed by atoms with E-state index < -0.39 is 0 Å². The summed E-state index contributed by atoms with van der Waals surface area (Å²) in [6, 6.07) is 10.2. The first-order valence-corrected chi connectivity index (χ1v) is 11.7. The summed E-state index contributed by atoms with van der Waals surface area (Å²) in [4.78, 5) is 27.5. The lowest BCUT2D eigenvalue weighted by molar-refractivity contribution is -0.147. The van der Waals surface area contributed by atoms with E-state index in [2.05, 4.69) is 32.2 Å². The van der Waals surface area contributed by atoms with E-state index in [4.69, 9.17) is 9.26 Å². The van der Waals surface area contributed by atoms with Crippen LogP contribution in [0, 0.1) is 5.92 Å². The number of nitrogens with zero attached hydrogens (tertiary/aromatic N) is 5. The number of piperidine rings is 1. The number of hydrogen-bond donors (Lipinski definition) is 0. The Morgan fingerprint density at radius 3 is 2.79 bits per heavy atom. The molecule has 1 atom stereocenters. The lowest BCUT2D eigenvalue weighted by atomic mass is 9.78. The SMILES string of the molecule is O=C(CCc1ccccc1)N1CCC2(CC1)CC(Cc1nc(-c3cnccn3)no1)CCO2. The molecule has 0 N–H and O–H groups in total. The predicted octanol–water partition coefficient (Wildman–Crippen LogP) is 3.49. The molecule has 1 aromatic carbocycles. The monoisotopic (exact) mass is 447 g/mol. The van der Waals surface area contributed by atoms with Gasteiger partial charge in [0.25, 0.3) is 0 Å². The summed E-state index contributed by atoms with van der Waals surface area (Å²) in [7, 11) is 0. The summed E-state index contributed by atoms with van der Waals surface area (Å²) in [6.07, 6.45) is 10.7. The van der Waals surface area contributed by atoms with Crippen molar-refractivity contribution >= 4 is 5.91 Å². The Kier molecular flexibility index (Phi) is 6.44. The van der Waals surface area contributed by atoms with E-state index in [0.29, 0.717) is 29.7 Å². The topological polar surface area (TPSA) is 94.2 Å². The van der Waals surface area contributed by atoms with Crippen LogP contribution < -0.4 is 0 Å². The second-order valence-electron chi connectivity index (χ2n) is 9.06. The van der Waals surface area contributed by atoms with Crippen LogP contribution in [0.1, 0.15) is 43.6 Å². The van der Waals surface area contributed by atoms with E-state index in [9.17, 15) is 4.79 Å². The van der Waals surface area contributed by atoms with Crippen molar-refractivity contribution in [3.63, 3.8) is 0 Å². The first-order valence-electron chi connectivity index (χ1n) is 11.7. The molecular weight excluding hydrogens is 418 g/mol. The number of hydrogen-bond acceptors (Lipinski definition) is 7. The molecule has 172 valence electrons. The minimum atomic E-state index is -0.146. The Morgan fingerprint density at radius 1 is 1.15 bits per heavy atom. The Morgan fingerprint density at radius 2 is 2.00 bits per heavy atom. The van der Waals surface area contributed by atoms with Gasteiger partial charge in [0, 0.05) is 44.9 Å². The molecule has 2 aliphatic heterocycles. The van der Waals surface area contributed by atoms with Crippen LogP contribution in [0.4, 0.5) is 0 Å². The molecule has 0 saturated carbocycles. The average Bonchev–Trinajstić information content (AvgIpc) is 3.33. The van der Waals surface area contributed by atoms with Crippen LogP contribution in [0.25, 0.3) is 11.5 Å². The largest absolute Gasteiger partial charge is 0.375 e. The molecule has 0 aliphatic carbocycles. The number of likely N-dealkylation sites (tertiary alicyclic amines) is 1. The van der Waals surface area contributed by atoms with E-state index in [1.54, 1.807) is 18.6 Å². The predicted molar refractivity (Wildman–Crippen MR) is 121 cm³/mol. The zero-order valence-electron chi connectivity index (χ0n) is 18.7. The van der Waals surface area contributed by atoms with E-state index >= 15 is 0 Å². The molecule has 2 aromatic heterocycles. The van der Waals surface area contributed by atoms with Crippen LogP contribution in [0.3, 0.4) is 0 Å². The smallest absolute Gasteiger partial charge is 0.227 e. The van der Waals surface area contributed by atoms with Crippen molar-refractivity contribution in [2.45, 2.75) is 50.5 Å². The van der Waals surface area contributed by atoms with Gasteiger partial charge in [-0.25, -0.2) is 4.98 Å². The van der Waals surface area contributed by atoms with Crippen molar-refractivity contribution in [2.24, 2.45) is 5.92 Å². The fourth-order valence-corrected chi connectivity index (χ4v) is 4.97. The van der Waals surface area contributed by atoms with Crippen molar-refractivity contribution in [3.05, 3.63) is 60.4 Å². The normalized spacial score (nSPS) is 20.1. The minimum absolute atomic E-state index is 0.146. The highest BCUT2D eigenvalue weighted by Gasteiger charge is 2.41. The molecule has 1 amide bonds. The molecule has 2 fully saturated rings. The van der Waals surface area contributed by atoms with Gasteiger partial charge < -0.3 is 14.2 Å². The molecule has 3 aromatic rings. The van der Waals surface area contributed by atoms with Crippen LogP contribution in [-0.4, -0.2) is 56.2 Å². The summed E-state index contributed by atoms with van der Waals surface area (Å²) in [5, 5.41) is 4.06. The average molecular weight is 448 g/mol. The standard InChI is InChI=1S/C25H29N5O3/c31-23(7-6-19-4-2-1-3-5-19)30-13-9-25(10-14-30)17-20(8-15-32-25)16-22-28-24(29-33-22)21-18-26-11-12-27-21/h1-5,11-12,18,20H,6-10,13-17H2. The third-order valence-corrected chi connectivity index (χ3v) is 6.82. The fraction of sp³-hybridized carbons (Fsp3) is 0.480. The molecule has 33 heavy (non-hydrogen) atoms. The second-order valence-corrected chi connectivity index (χ2v) is 9.06. The lowest BCUT2D eigenvalue weighted by Gasteiger charge is -2.46. The van der Waals surface area contributed by atoms with Crippen molar-refractivity contribution in [3.8, 4) is 11.5 Å². The first-order chi connectivity index (χ1) is 16.2.